The normalized spacial score (nSPS) is 10.2. The van der Waals surface area contributed by atoms with Crippen LogP contribution in [0.5, 0.6) is 11.5 Å². The fourth-order valence-corrected chi connectivity index (χ4v) is 1.74. The lowest BCUT2D eigenvalue weighted by molar-refractivity contribution is 0.467. The molecule has 0 saturated heterocycles. The number of aromatic hydroxyl groups is 2. The number of rotatable bonds is 2. The number of benzene rings is 2. The summed E-state index contributed by atoms with van der Waals surface area (Å²) in [6, 6.07) is 10.6. The van der Waals surface area contributed by atoms with Gasteiger partial charge < -0.3 is 15.5 Å². The van der Waals surface area contributed by atoms with Crippen LogP contribution < -0.4 is 5.32 Å². The van der Waals surface area contributed by atoms with Gasteiger partial charge in [0.25, 0.3) is 0 Å². The summed E-state index contributed by atoms with van der Waals surface area (Å²) in [5.74, 6) is 0.579. The lowest BCUT2D eigenvalue weighted by atomic mass is 10.1. The Hall–Kier alpha value is -2.16. The summed E-state index contributed by atoms with van der Waals surface area (Å²) in [6.07, 6.45) is 0. The van der Waals surface area contributed by atoms with Crippen LogP contribution in [-0.2, 0) is 0 Å². The maximum Gasteiger partial charge on any atom is 0.121 e. The van der Waals surface area contributed by atoms with Crippen LogP contribution in [0.2, 0.25) is 0 Å². The molecule has 3 N–H and O–H groups in total. The van der Waals surface area contributed by atoms with E-state index in [0.717, 1.165) is 22.5 Å². The van der Waals surface area contributed by atoms with Gasteiger partial charge in [0, 0.05) is 11.4 Å². The Morgan fingerprint density at radius 3 is 1.88 bits per heavy atom. The highest BCUT2D eigenvalue weighted by molar-refractivity contribution is 5.63. The summed E-state index contributed by atoms with van der Waals surface area (Å²) in [4.78, 5) is 0. The third-order valence-corrected chi connectivity index (χ3v) is 2.65. The molecule has 17 heavy (non-hydrogen) atoms. The first kappa shape index (κ1) is 11.3. The average molecular weight is 229 g/mol. The van der Waals surface area contributed by atoms with E-state index in [1.165, 1.54) is 0 Å². The van der Waals surface area contributed by atoms with Crippen LogP contribution >= 0.6 is 0 Å². The van der Waals surface area contributed by atoms with E-state index < -0.39 is 0 Å². The van der Waals surface area contributed by atoms with Crippen LogP contribution in [0.1, 0.15) is 11.1 Å². The summed E-state index contributed by atoms with van der Waals surface area (Å²) in [6.45, 7) is 3.73. The van der Waals surface area contributed by atoms with Gasteiger partial charge in [0.15, 0.2) is 0 Å². The van der Waals surface area contributed by atoms with Crippen molar-refractivity contribution in [2.24, 2.45) is 0 Å². The molecule has 3 heteroatoms. The van der Waals surface area contributed by atoms with Gasteiger partial charge in [-0.25, -0.2) is 0 Å². The number of phenols is 2. The number of hydrogen-bond donors (Lipinski definition) is 3. The highest BCUT2D eigenvalue weighted by atomic mass is 16.3. The number of aryl methyl sites for hydroxylation is 2. The van der Waals surface area contributed by atoms with Gasteiger partial charge in [-0.1, -0.05) is 0 Å². The van der Waals surface area contributed by atoms with Crippen molar-refractivity contribution in [2.75, 3.05) is 5.32 Å². The van der Waals surface area contributed by atoms with Gasteiger partial charge in [0.05, 0.1) is 0 Å². The highest BCUT2D eigenvalue weighted by Crippen LogP contribution is 2.27. The van der Waals surface area contributed by atoms with Crippen LogP contribution in [-0.4, -0.2) is 10.2 Å². The predicted molar refractivity (Wildman–Crippen MR) is 69.0 cm³/mol. The number of phenolic OH excluding ortho intramolecular Hbond substituents is 2. The molecule has 0 radical (unpaired) electrons. The molecule has 2 aromatic carbocycles. The molecule has 0 aliphatic rings. The molecule has 0 bridgehead atoms. The fourth-order valence-electron chi connectivity index (χ4n) is 1.74. The van der Waals surface area contributed by atoms with Crippen molar-refractivity contribution in [3.05, 3.63) is 47.5 Å². The predicted octanol–water partition coefficient (Wildman–Crippen LogP) is 3.46. The zero-order valence-electron chi connectivity index (χ0n) is 9.86. The topological polar surface area (TPSA) is 52.5 Å². The van der Waals surface area contributed by atoms with Crippen molar-refractivity contribution in [3.8, 4) is 11.5 Å². The SMILES string of the molecule is Cc1cc(Nc2ccc(O)cc2)cc(C)c1O. The number of nitrogens with one attached hydrogen (secondary N) is 1. The molecular formula is C14H15NO2. The molecule has 0 aliphatic heterocycles. The highest BCUT2D eigenvalue weighted by Gasteiger charge is 2.03. The van der Waals surface area contributed by atoms with E-state index >= 15 is 0 Å². The van der Waals surface area contributed by atoms with Crippen molar-refractivity contribution in [3.63, 3.8) is 0 Å². The molecule has 0 aliphatic carbocycles. The standard InChI is InChI=1S/C14H15NO2/c1-9-7-12(8-10(2)14(9)17)15-11-3-5-13(16)6-4-11/h3-8,15-17H,1-2H3. The lowest BCUT2D eigenvalue weighted by Gasteiger charge is -2.10. The zero-order chi connectivity index (χ0) is 12.4. The molecule has 0 saturated carbocycles. The molecule has 0 heterocycles. The molecule has 3 nitrogen and oxygen atoms in total. The van der Waals surface area contributed by atoms with E-state index in [1.54, 1.807) is 24.3 Å². The van der Waals surface area contributed by atoms with Crippen molar-refractivity contribution < 1.29 is 10.2 Å². The van der Waals surface area contributed by atoms with E-state index in [0.29, 0.717) is 5.75 Å². The Morgan fingerprint density at radius 1 is 0.824 bits per heavy atom. The summed E-state index contributed by atoms with van der Waals surface area (Å²) in [5, 5.41) is 22.1. The van der Waals surface area contributed by atoms with Gasteiger partial charge >= 0.3 is 0 Å². The summed E-state index contributed by atoms with van der Waals surface area (Å²) >= 11 is 0. The molecule has 0 fully saturated rings. The zero-order valence-corrected chi connectivity index (χ0v) is 9.86. The first-order valence-corrected chi connectivity index (χ1v) is 5.42. The summed E-state index contributed by atoms with van der Waals surface area (Å²) < 4.78 is 0. The van der Waals surface area contributed by atoms with Crippen LogP contribution in [0, 0.1) is 13.8 Å². The van der Waals surface area contributed by atoms with Crippen molar-refractivity contribution >= 4 is 11.4 Å². The van der Waals surface area contributed by atoms with Crippen LogP contribution in [0.4, 0.5) is 11.4 Å². The smallest absolute Gasteiger partial charge is 0.121 e. The summed E-state index contributed by atoms with van der Waals surface area (Å²) in [7, 11) is 0. The molecule has 88 valence electrons. The molecule has 2 rings (SSSR count). The Balaban J connectivity index is 2.27. The second-order valence-electron chi connectivity index (χ2n) is 4.13. The maximum atomic E-state index is 9.67. The lowest BCUT2D eigenvalue weighted by Crippen LogP contribution is -1.92. The van der Waals surface area contributed by atoms with E-state index in [2.05, 4.69) is 5.32 Å². The third-order valence-electron chi connectivity index (χ3n) is 2.65. The number of hydrogen-bond acceptors (Lipinski definition) is 3. The van der Waals surface area contributed by atoms with E-state index in [-0.39, 0.29) is 5.75 Å². The quantitative estimate of drug-likeness (QED) is 0.691. The molecule has 2 aromatic rings. The van der Waals surface area contributed by atoms with Gasteiger partial charge in [-0.2, -0.15) is 0 Å². The monoisotopic (exact) mass is 229 g/mol. The average Bonchev–Trinajstić information content (AvgIpc) is 2.29. The molecule has 0 aromatic heterocycles. The Bertz CT molecular complexity index is 509. The summed E-state index contributed by atoms with van der Waals surface area (Å²) in [5.41, 5.74) is 3.49. The minimum atomic E-state index is 0.244. The second kappa shape index (κ2) is 4.37. The second-order valence-corrected chi connectivity index (χ2v) is 4.13. The maximum absolute atomic E-state index is 9.67. The minimum Gasteiger partial charge on any atom is -0.508 e. The molecule has 0 unspecified atom stereocenters. The van der Waals surface area contributed by atoms with Crippen molar-refractivity contribution in [1.82, 2.24) is 0 Å². The van der Waals surface area contributed by atoms with Gasteiger partial charge in [0.1, 0.15) is 11.5 Å². The van der Waals surface area contributed by atoms with Gasteiger partial charge in [-0.3, -0.25) is 0 Å². The fraction of sp³-hybridized carbons (Fsp3) is 0.143. The Labute approximate surface area is 100 Å². The Kier molecular flexibility index (Phi) is 2.91. The van der Waals surface area contributed by atoms with Crippen molar-refractivity contribution in [1.29, 1.82) is 0 Å². The molecule has 0 amide bonds. The first-order chi connectivity index (χ1) is 8.06. The Morgan fingerprint density at radius 2 is 1.35 bits per heavy atom. The van der Waals surface area contributed by atoms with Crippen LogP contribution in [0.15, 0.2) is 36.4 Å². The van der Waals surface area contributed by atoms with E-state index in [9.17, 15) is 10.2 Å². The van der Waals surface area contributed by atoms with Crippen molar-refractivity contribution in [2.45, 2.75) is 13.8 Å². The van der Waals surface area contributed by atoms with E-state index in [4.69, 9.17) is 0 Å². The molecule has 0 atom stereocenters. The third kappa shape index (κ3) is 2.50. The largest absolute Gasteiger partial charge is 0.508 e. The first-order valence-electron chi connectivity index (χ1n) is 5.42. The van der Waals surface area contributed by atoms with Crippen LogP contribution in [0.25, 0.3) is 0 Å². The van der Waals surface area contributed by atoms with Gasteiger partial charge in [-0.15, -0.1) is 0 Å². The molecular weight excluding hydrogens is 214 g/mol. The molecule has 0 spiro atoms. The number of anilines is 2. The van der Waals surface area contributed by atoms with Crippen LogP contribution in [0.3, 0.4) is 0 Å². The van der Waals surface area contributed by atoms with E-state index in [1.807, 2.05) is 26.0 Å². The van der Waals surface area contributed by atoms with Gasteiger partial charge in [-0.05, 0) is 61.4 Å². The van der Waals surface area contributed by atoms with Gasteiger partial charge in [0.2, 0.25) is 0 Å². The minimum absolute atomic E-state index is 0.244.